The summed E-state index contributed by atoms with van der Waals surface area (Å²) in [6.07, 6.45) is 11.5. The predicted molar refractivity (Wildman–Crippen MR) is 119 cm³/mol. The molecule has 2 saturated carbocycles. The van der Waals surface area contributed by atoms with Crippen LogP contribution in [-0.4, -0.2) is 39.2 Å². The van der Waals surface area contributed by atoms with Gasteiger partial charge in [-0.25, -0.2) is 4.39 Å². The van der Waals surface area contributed by atoms with E-state index in [1.165, 1.54) is 61.7 Å². The maximum absolute atomic E-state index is 13.3. The largest absolute Gasteiger partial charge is 0.326 e. The van der Waals surface area contributed by atoms with E-state index in [1.54, 1.807) is 0 Å². The van der Waals surface area contributed by atoms with Crippen LogP contribution in [0.3, 0.4) is 0 Å². The van der Waals surface area contributed by atoms with E-state index in [9.17, 15) is 14.0 Å². The summed E-state index contributed by atoms with van der Waals surface area (Å²) in [6, 6.07) is 6.19. The van der Waals surface area contributed by atoms with Gasteiger partial charge in [0, 0.05) is 18.2 Å². The monoisotopic (exact) mass is 431 g/mol. The molecule has 7 heteroatoms. The van der Waals surface area contributed by atoms with Crippen LogP contribution in [0.4, 0.5) is 10.1 Å². The normalized spacial score (nSPS) is 25.1. The highest BCUT2D eigenvalue weighted by Gasteiger charge is 2.43. The SMILES string of the molecule is O=C(C[C@@H]1SC(=NC2CCCCC2)N(C2CCCCC2)C1=O)Nc1ccc(F)cc1. The number of aliphatic imine (C=N–C) groups is 1. The zero-order chi connectivity index (χ0) is 20.9. The predicted octanol–water partition coefficient (Wildman–Crippen LogP) is 5.12. The molecule has 0 unspecified atom stereocenters. The summed E-state index contributed by atoms with van der Waals surface area (Å²) in [5.74, 6) is -0.549. The Morgan fingerprint density at radius 2 is 1.67 bits per heavy atom. The van der Waals surface area contributed by atoms with Crippen LogP contribution in [0.15, 0.2) is 29.3 Å². The lowest BCUT2D eigenvalue weighted by Crippen LogP contribution is -2.43. The number of halogens is 1. The number of nitrogens with zero attached hydrogens (tertiary/aromatic N) is 2. The average Bonchev–Trinajstić information content (AvgIpc) is 3.05. The molecule has 1 saturated heterocycles. The molecule has 1 aliphatic heterocycles. The zero-order valence-electron chi connectivity index (χ0n) is 17.3. The van der Waals surface area contributed by atoms with Crippen LogP contribution in [-0.2, 0) is 9.59 Å². The number of nitrogens with one attached hydrogen (secondary N) is 1. The van der Waals surface area contributed by atoms with Gasteiger partial charge in [0.25, 0.3) is 0 Å². The van der Waals surface area contributed by atoms with Gasteiger partial charge in [-0.15, -0.1) is 0 Å². The minimum atomic E-state index is -0.435. The van der Waals surface area contributed by atoms with E-state index in [0.29, 0.717) is 11.7 Å². The lowest BCUT2D eigenvalue weighted by molar-refractivity contribution is -0.130. The van der Waals surface area contributed by atoms with Gasteiger partial charge in [-0.05, 0) is 49.9 Å². The second kappa shape index (κ2) is 9.94. The lowest BCUT2D eigenvalue weighted by Gasteiger charge is -2.31. The molecule has 5 nitrogen and oxygen atoms in total. The third-order valence-corrected chi connectivity index (χ3v) is 7.44. The third-order valence-electron chi connectivity index (χ3n) is 6.27. The van der Waals surface area contributed by atoms with Crippen LogP contribution in [0.5, 0.6) is 0 Å². The summed E-state index contributed by atoms with van der Waals surface area (Å²) < 4.78 is 13.1. The highest BCUT2D eigenvalue weighted by Crippen LogP contribution is 2.36. The Balaban J connectivity index is 1.46. The van der Waals surface area contributed by atoms with Crippen LogP contribution < -0.4 is 5.32 Å². The summed E-state index contributed by atoms with van der Waals surface area (Å²) in [5, 5.41) is 3.17. The van der Waals surface area contributed by atoms with E-state index >= 15 is 0 Å². The van der Waals surface area contributed by atoms with E-state index < -0.39 is 5.25 Å². The number of hydrogen-bond donors (Lipinski definition) is 1. The molecule has 1 aromatic rings. The van der Waals surface area contributed by atoms with Crippen molar-refractivity contribution in [3.63, 3.8) is 0 Å². The summed E-state index contributed by atoms with van der Waals surface area (Å²) in [6.45, 7) is 0. The first-order valence-electron chi connectivity index (χ1n) is 11.2. The average molecular weight is 432 g/mol. The van der Waals surface area contributed by atoms with Gasteiger partial charge in [-0.2, -0.15) is 0 Å². The molecule has 4 rings (SSSR count). The van der Waals surface area contributed by atoms with E-state index in [2.05, 4.69) is 5.32 Å². The first-order chi connectivity index (χ1) is 14.6. The smallest absolute Gasteiger partial charge is 0.242 e. The fourth-order valence-electron chi connectivity index (χ4n) is 4.66. The first-order valence-corrected chi connectivity index (χ1v) is 12.1. The number of carbonyl (C=O) groups is 2. The Labute approximate surface area is 181 Å². The van der Waals surface area contributed by atoms with Crippen LogP contribution >= 0.6 is 11.8 Å². The minimum Gasteiger partial charge on any atom is -0.326 e. The molecule has 0 spiro atoms. The molecule has 1 aromatic carbocycles. The van der Waals surface area contributed by atoms with Gasteiger partial charge in [-0.3, -0.25) is 19.5 Å². The van der Waals surface area contributed by atoms with Gasteiger partial charge < -0.3 is 5.32 Å². The number of thioether (sulfide) groups is 1. The second-order valence-electron chi connectivity index (χ2n) is 8.57. The molecular formula is C23H30FN3O2S. The Bertz CT molecular complexity index is 786. The Morgan fingerprint density at radius 3 is 2.33 bits per heavy atom. The van der Waals surface area contributed by atoms with Crippen molar-refractivity contribution in [3.8, 4) is 0 Å². The van der Waals surface area contributed by atoms with Crippen molar-refractivity contribution in [2.45, 2.75) is 88.0 Å². The standard InChI is InChI=1S/C23H30FN3O2S/c24-16-11-13-18(14-12-16)25-21(28)15-20-22(29)27(19-9-5-2-6-10-19)23(30-20)26-17-7-3-1-4-8-17/h11-14,17,19-20H,1-10,15H2,(H,25,28)/t20-/m0/s1. The first kappa shape index (κ1) is 21.3. The van der Waals surface area contributed by atoms with Crippen LogP contribution in [0.1, 0.15) is 70.6 Å². The number of rotatable bonds is 5. The quantitative estimate of drug-likeness (QED) is 0.704. The van der Waals surface area contributed by atoms with Crippen molar-refractivity contribution in [2.24, 2.45) is 4.99 Å². The lowest BCUT2D eigenvalue weighted by atomic mass is 9.94. The highest BCUT2D eigenvalue weighted by molar-refractivity contribution is 8.15. The molecule has 0 radical (unpaired) electrons. The number of amides is 2. The van der Waals surface area contributed by atoms with Crippen molar-refractivity contribution >= 4 is 34.4 Å². The van der Waals surface area contributed by atoms with Gasteiger partial charge in [-0.1, -0.05) is 50.3 Å². The second-order valence-corrected chi connectivity index (χ2v) is 9.74. The Morgan fingerprint density at radius 1 is 1.03 bits per heavy atom. The number of amidine groups is 1. The van der Waals surface area contributed by atoms with Crippen LogP contribution in [0.25, 0.3) is 0 Å². The molecule has 2 amide bonds. The molecular weight excluding hydrogens is 401 g/mol. The third kappa shape index (κ3) is 5.23. The molecule has 3 aliphatic rings. The molecule has 0 bridgehead atoms. The van der Waals surface area contributed by atoms with Crippen molar-refractivity contribution in [3.05, 3.63) is 30.1 Å². The molecule has 1 N–H and O–H groups in total. The molecule has 0 aromatic heterocycles. The van der Waals surface area contributed by atoms with E-state index in [1.807, 2.05) is 4.90 Å². The Hall–Kier alpha value is -1.89. The van der Waals surface area contributed by atoms with Gasteiger partial charge in [0.2, 0.25) is 11.8 Å². The fourth-order valence-corrected chi connectivity index (χ4v) is 5.93. The molecule has 1 atom stereocenters. The summed E-state index contributed by atoms with van der Waals surface area (Å²) >= 11 is 1.46. The molecule has 3 fully saturated rings. The summed E-state index contributed by atoms with van der Waals surface area (Å²) in [5.41, 5.74) is 0.539. The highest BCUT2D eigenvalue weighted by atomic mass is 32.2. The van der Waals surface area contributed by atoms with E-state index in [4.69, 9.17) is 4.99 Å². The van der Waals surface area contributed by atoms with E-state index in [0.717, 1.165) is 43.7 Å². The number of benzene rings is 1. The van der Waals surface area contributed by atoms with Gasteiger partial charge >= 0.3 is 0 Å². The van der Waals surface area contributed by atoms with Crippen molar-refractivity contribution in [1.82, 2.24) is 4.90 Å². The number of hydrogen-bond acceptors (Lipinski definition) is 4. The summed E-state index contributed by atoms with van der Waals surface area (Å²) in [7, 11) is 0. The number of carbonyl (C=O) groups excluding carboxylic acids is 2. The van der Waals surface area contributed by atoms with Crippen LogP contribution in [0.2, 0.25) is 0 Å². The van der Waals surface area contributed by atoms with Crippen molar-refractivity contribution in [1.29, 1.82) is 0 Å². The van der Waals surface area contributed by atoms with Crippen molar-refractivity contribution in [2.75, 3.05) is 5.32 Å². The molecule has 1 heterocycles. The van der Waals surface area contributed by atoms with Crippen molar-refractivity contribution < 1.29 is 14.0 Å². The topological polar surface area (TPSA) is 61.8 Å². The van der Waals surface area contributed by atoms with Gasteiger partial charge in [0.15, 0.2) is 5.17 Å². The van der Waals surface area contributed by atoms with Gasteiger partial charge in [0.05, 0.1) is 6.04 Å². The molecule has 162 valence electrons. The maximum atomic E-state index is 13.3. The number of anilines is 1. The fraction of sp³-hybridized carbons (Fsp3) is 0.609. The summed E-state index contributed by atoms with van der Waals surface area (Å²) in [4.78, 5) is 32.8. The molecule has 2 aliphatic carbocycles. The maximum Gasteiger partial charge on any atom is 0.242 e. The molecule has 30 heavy (non-hydrogen) atoms. The van der Waals surface area contributed by atoms with E-state index in [-0.39, 0.29) is 30.1 Å². The zero-order valence-corrected chi connectivity index (χ0v) is 18.1. The Kier molecular flexibility index (Phi) is 7.08. The van der Waals surface area contributed by atoms with Crippen LogP contribution in [0, 0.1) is 5.82 Å². The van der Waals surface area contributed by atoms with Gasteiger partial charge in [0.1, 0.15) is 11.1 Å². The minimum absolute atomic E-state index is 0.0238.